The fourth-order valence-electron chi connectivity index (χ4n) is 4.48. The number of piperidine rings is 1. The van der Waals surface area contributed by atoms with E-state index in [-0.39, 0.29) is 11.8 Å². The van der Waals surface area contributed by atoms with Gasteiger partial charge < -0.3 is 15.0 Å². The van der Waals surface area contributed by atoms with E-state index < -0.39 is 5.41 Å². The number of halogens is 2. The van der Waals surface area contributed by atoms with E-state index in [0.717, 1.165) is 36.2 Å². The maximum absolute atomic E-state index is 13.4. The van der Waals surface area contributed by atoms with Gasteiger partial charge in [0, 0.05) is 48.5 Å². The van der Waals surface area contributed by atoms with E-state index >= 15 is 0 Å². The number of amides is 2. The summed E-state index contributed by atoms with van der Waals surface area (Å²) in [5, 5.41) is 4.14. The first-order chi connectivity index (χ1) is 15.0. The summed E-state index contributed by atoms with van der Waals surface area (Å²) in [4.78, 5) is 27.5. The lowest BCUT2D eigenvalue weighted by molar-refractivity contribution is -0.130. The molecular formula is C24H26Cl2N2O3. The molecule has 0 aliphatic carbocycles. The van der Waals surface area contributed by atoms with E-state index in [9.17, 15) is 9.59 Å². The zero-order valence-corrected chi connectivity index (χ0v) is 18.8. The highest BCUT2D eigenvalue weighted by molar-refractivity contribution is 6.35. The second-order valence-corrected chi connectivity index (χ2v) is 9.02. The fraction of sp³-hybridized carbons (Fsp3) is 0.417. The zero-order chi connectivity index (χ0) is 21.8. The zero-order valence-electron chi connectivity index (χ0n) is 17.3. The number of nitrogens with zero attached hydrogens (tertiary/aromatic N) is 1. The molecule has 0 radical (unpaired) electrons. The first kappa shape index (κ1) is 22.1. The molecule has 0 spiro atoms. The van der Waals surface area contributed by atoms with Crippen LogP contribution in [0.4, 0.5) is 5.69 Å². The van der Waals surface area contributed by atoms with Crippen molar-refractivity contribution in [2.24, 2.45) is 0 Å². The standard InChI is InChI=1S/C24H26Cl2N2O3/c25-18-7-8-20(21(26)15-18)24(9-12-31-13-10-24)23(30)27-16-17-4-3-5-19(14-17)28-11-2-1-6-22(28)29/h3-5,7-8,14-15H,1-2,6,9-13,16H2,(H,27,30). The molecule has 0 bridgehead atoms. The lowest BCUT2D eigenvalue weighted by Gasteiger charge is -2.37. The van der Waals surface area contributed by atoms with Crippen molar-refractivity contribution < 1.29 is 14.3 Å². The molecular weight excluding hydrogens is 435 g/mol. The van der Waals surface area contributed by atoms with Crippen LogP contribution in [0.15, 0.2) is 42.5 Å². The molecule has 1 N–H and O–H groups in total. The van der Waals surface area contributed by atoms with Gasteiger partial charge in [0.25, 0.3) is 0 Å². The Morgan fingerprint density at radius 2 is 1.90 bits per heavy atom. The maximum Gasteiger partial charge on any atom is 0.231 e. The molecule has 2 aliphatic heterocycles. The Morgan fingerprint density at radius 3 is 2.65 bits per heavy atom. The van der Waals surface area contributed by atoms with Gasteiger partial charge in [0.2, 0.25) is 11.8 Å². The van der Waals surface area contributed by atoms with Crippen molar-refractivity contribution in [1.29, 1.82) is 0 Å². The van der Waals surface area contributed by atoms with Crippen LogP contribution in [-0.2, 0) is 26.3 Å². The van der Waals surface area contributed by atoms with E-state index in [4.69, 9.17) is 27.9 Å². The molecule has 0 aromatic heterocycles. The minimum atomic E-state index is -0.750. The summed E-state index contributed by atoms with van der Waals surface area (Å²) < 4.78 is 5.53. The summed E-state index contributed by atoms with van der Waals surface area (Å²) in [5.41, 5.74) is 1.87. The Kier molecular flexibility index (Phi) is 6.85. The van der Waals surface area contributed by atoms with E-state index in [1.54, 1.807) is 12.1 Å². The number of carbonyl (C=O) groups is 2. The van der Waals surface area contributed by atoms with Crippen LogP contribution < -0.4 is 10.2 Å². The number of ether oxygens (including phenoxy) is 1. The van der Waals surface area contributed by atoms with Crippen LogP contribution in [0.2, 0.25) is 10.0 Å². The molecule has 2 saturated heterocycles. The monoisotopic (exact) mass is 460 g/mol. The molecule has 164 valence electrons. The molecule has 2 heterocycles. The average molecular weight is 461 g/mol. The van der Waals surface area contributed by atoms with Crippen LogP contribution in [0.25, 0.3) is 0 Å². The highest BCUT2D eigenvalue weighted by atomic mass is 35.5. The van der Waals surface area contributed by atoms with Gasteiger partial charge in [-0.15, -0.1) is 0 Å². The van der Waals surface area contributed by atoms with Crippen LogP contribution in [0.5, 0.6) is 0 Å². The molecule has 0 atom stereocenters. The van der Waals surface area contributed by atoms with Gasteiger partial charge in [0.15, 0.2) is 0 Å². The maximum atomic E-state index is 13.4. The predicted octanol–water partition coefficient (Wildman–Crippen LogP) is 4.87. The highest BCUT2D eigenvalue weighted by Gasteiger charge is 2.43. The van der Waals surface area contributed by atoms with E-state index in [1.165, 1.54) is 0 Å². The number of hydrogen-bond donors (Lipinski definition) is 1. The van der Waals surface area contributed by atoms with Gasteiger partial charge in [-0.2, -0.15) is 0 Å². The van der Waals surface area contributed by atoms with Crippen LogP contribution in [0.3, 0.4) is 0 Å². The number of hydrogen-bond acceptors (Lipinski definition) is 3. The Morgan fingerprint density at radius 1 is 1.10 bits per heavy atom. The smallest absolute Gasteiger partial charge is 0.231 e. The number of nitrogens with one attached hydrogen (secondary N) is 1. The van der Waals surface area contributed by atoms with Crippen LogP contribution in [-0.4, -0.2) is 31.6 Å². The third kappa shape index (κ3) is 4.74. The van der Waals surface area contributed by atoms with Crippen molar-refractivity contribution in [2.75, 3.05) is 24.7 Å². The lowest BCUT2D eigenvalue weighted by atomic mass is 9.73. The largest absolute Gasteiger partial charge is 0.381 e. The van der Waals surface area contributed by atoms with Crippen molar-refractivity contribution in [3.63, 3.8) is 0 Å². The third-order valence-corrected chi connectivity index (χ3v) is 6.77. The molecule has 7 heteroatoms. The summed E-state index contributed by atoms with van der Waals surface area (Å²) in [7, 11) is 0. The highest BCUT2D eigenvalue weighted by Crippen LogP contribution is 2.40. The van der Waals surface area contributed by atoms with Gasteiger partial charge in [-0.1, -0.05) is 41.4 Å². The summed E-state index contributed by atoms with van der Waals surface area (Å²) in [6.45, 7) is 2.12. The Bertz CT molecular complexity index is 973. The molecule has 2 aromatic rings. The van der Waals surface area contributed by atoms with Gasteiger partial charge >= 0.3 is 0 Å². The van der Waals surface area contributed by atoms with Gasteiger partial charge in [-0.3, -0.25) is 9.59 Å². The van der Waals surface area contributed by atoms with Crippen molar-refractivity contribution in [3.05, 3.63) is 63.6 Å². The number of carbonyl (C=O) groups excluding carboxylic acids is 2. The fourth-order valence-corrected chi connectivity index (χ4v) is 5.07. The average Bonchev–Trinajstić information content (AvgIpc) is 2.78. The number of anilines is 1. The van der Waals surface area contributed by atoms with Crippen LogP contribution in [0.1, 0.15) is 43.2 Å². The summed E-state index contributed by atoms with van der Waals surface area (Å²) >= 11 is 12.6. The molecule has 2 amide bonds. The number of rotatable bonds is 5. The molecule has 31 heavy (non-hydrogen) atoms. The topological polar surface area (TPSA) is 58.6 Å². The second-order valence-electron chi connectivity index (χ2n) is 8.17. The van der Waals surface area contributed by atoms with Gasteiger partial charge in [-0.25, -0.2) is 0 Å². The molecule has 2 fully saturated rings. The van der Waals surface area contributed by atoms with Crippen molar-refractivity contribution >= 4 is 40.7 Å². The van der Waals surface area contributed by atoms with E-state index in [1.807, 2.05) is 35.2 Å². The predicted molar refractivity (Wildman–Crippen MR) is 123 cm³/mol. The first-order valence-electron chi connectivity index (χ1n) is 10.7. The van der Waals surface area contributed by atoms with E-state index in [2.05, 4.69) is 5.32 Å². The van der Waals surface area contributed by atoms with Crippen molar-refractivity contribution in [2.45, 2.75) is 44.1 Å². The molecule has 2 aromatic carbocycles. The first-order valence-corrected chi connectivity index (χ1v) is 11.5. The second kappa shape index (κ2) is 9.60. The summed E-state index contributed by atoms with van der Waals surface area (Å²) in [5.74, 6) is 0.0884. The Labute approximate surface area is 192 Å². The van der Waals surface area contributed by atoms with Crippen LogP contribution in [0, 0.1) is 0 Å². The SMILES string of the molecule is O=C1CCCCN1c1cccc(CNC(=O)C2(c3ccc(Cl)cc3Cl)CCOCC2)c1. The summed E-state index contributed by atoms with van der Waals surface area (Å²) in [6, 6.07) is 13.1. The normalized spacial score (nSPS) is 18.6. The minimum Gasteiger partial charge on any atom is -0.381 e. The van der Waals surface area contributed by atoms with E-state index in [0.29, 0.717) is 49.1 Å². The van der Waals surface area contributed by atoms with Crippen molar-refractivity contribution in [1.82, 2.24) is 5.32 Å². The van der Waals surface area contributed by atoms with Gasteiger partial charge in [0.1, 0.15) is 0 Å². The van der Waals surface area contributed by atoms with Gasteiger partial charge in [0.05, 0.1) is 5.41 Å². The molecule has 5 nitrogen and oxygen atoms in total. The minimum absolute atomic E-state index is 0.0699. The van der Waals surface area contributed by atoms with Crippen molar-refractivity contribution in [3.8, 4) is 0 Å². The molecule has 2 aliphatic rings. The Hall–Kier alpha value is -2.08. The molecule has 0 unspecified atom stereocenters. The lowest BCUT2D eigenvalue weighted by Crippen LogP contribution is -2.48. The quantitative estimate of drug-likeness (QED) is 0.691. The van der Waals surface area contributed by atoms with Gasteiger partial charge in [-0.05, 0) is 61.1 Å². The Balaban J connectivity index is 1.52. The molecule has 0 saturated carbocycles. The summed E-state index contributed by atoms with van der Waals surface area (Å²) in [6.07, 6.45) is 3.67. The third-order valence-electron chi connectivity index (χ3n) is 6.23. The van der Waals surface area contributed by atoms with Crippen LogP contribution >= 0.6 is 23.2 Å². The molecule has 4 rings (SSSR count). The number of benzene rings is 2.